The largest absolute Gasteiger partial charge is 0.497 e. The quantitative estimate of drug-likeness (QED) is 0.218. The molecule has 2 atom stereocenters. The second-order valence-electron chi connectivity index (χ2n) is 13.3. The van der Waals surface area contributed by atoms with Crippen LogP contribution in [-0.4, -0.2) is 56.3 Å². The van der Waals surface area contributed by atoms with Crippen LogP contribution in [0.2, 0.25) is 0 Å². The molecule has 6 aromatic rings. The van der Waals surface area contributed by atoms with Crippen LogP contribution in [0.5, 0.6) is 5.75 Å². The third-order valence-corrected chi connectivity index (χ3v) is 10.4. The Labute approximate surface area is 309 Å². The van der Waals surface area contributed by atoms with Crippen LogP contribution < -0.4 is 10.3 Å². The fourth-order valence-corrected chi connectivity index (χ4v) is 7.74. The molecule has 2 unspecified atom stereocenters. The van der Waals surface area contributed by atoms with Gasteiger partial charge in [0.05, 0.1) is 13.3 Å². The average Bonchev–Trinajstić information content (AvgIpc) is 3.95. The van der Waals surface area contributed by atoms with E-state index < -0.39 is 0 Å². The number of fused-ring (bicyclic) bond motifs is 6. The minimum Gasteiger partial charge on any atom is -0.497 e. The zero-order valence-corrected chi connectivity index (χ0v) is 29.1. The van der Waals surface area contributed by atoms with E-state index in [1.165, 1.54) is 50.7 Å². The molecule has 2 aliphatic carbocycles. The summed E-state index contributed by atoms with van der Waals surface area (Å²) in [6.07, 6.45) is 10.4. The van der Waals surface area contributed by atoms with Crippen molar-refractivity contribution in [2.45, 2.75) is 24.7 Å². The molecule has 0 radical (unpaired) electrons. The van der Waals surface area contributed by atoms with E-state index >= 15 is 0 Å². The van der Waals surface area contributed by atoms with E-state index in [-0.39, 0.29) is 23.3 Å². The van der Waals surface area contributed by atoms with Crippen molar-refractivity contribution in [3.63, 3.8) is 0 Å². The number of H-pyrrole nitrogens is 1. The van der Waals surface area contributed by atoms with Crippen molar-refractivity contribution in [2.24, 2.45) is 15.2 Å². The zero-order chi connectivity index (χ0) is 36.6. The number of carbonyl (C=O) groups is 1. The maximum Gasteiger partial charge on any atom is 0.298 e. The number of benzene rings is 4. The average molecular weight is 709 g/mol. The van der Waals surface area contributed by atoms with Crippen molar-refractivity contribution in [2.75, 3.05) is 7.11 Å². The number of aliphatic imine (C=N–C) groups is 1. The lowest BCUT2D eigenvalue weighted by molar-refractivity contribution is -0.111. The normalized spacial score (nSPS) is 17.5. The predicted molar refractivity (Wildman–Crippen MR) is 208 cm³/mol. The number of amides is 1. The Bertz CT molecular complexity index is 2630. The Morgan fingerprint density at radius 3 is 2.41 bits per heavy atom. The number of pyridine rings is 1. The molecular formula is C43H32N8O3. The molecule has 0 saturated heterocycles. The first-order valence-electron chi connectivity index (χ1n) is 17.6. The first kappa shape index (κ1) is 32.7. The molecule has 2 aliphatic heterocycles. The van der Waals surface area contributed by atoms with Gasteiger partial charge in [-0.05, 0) is 92.5 Å². The van der Waals surface area contributed by atoms with Gasteiger partial charge in [-0.15, -0.1) is 15.3 Å². The summed E-state index contributed by atoms with van der Waals surface area (Å²) in [6, 6.07) is 35.3. The predicted octanol–water partition coefficient (Wildman–Crippen LogP) is 6.45. The number of rotatable bonds is 5. The van der Waals surface area contributed by atoms with Crippen molar-refractivity contribution >= 4 is 29.6 Å². The van der Waals surface area contributed by atoms with Gasteiger partial charge < -0.3 is 4.74 Å². The first-order chi connectivity index (χ1) is 26.6. The number of methoxy groups -OCH3 is 1. The number of aromatic amines is 1. The Kier molecular flexibility index (Phi) is 8.35. The molecule has 0 saturated carbocycles. The summed E-state index contributed by atoms with van der Waals surface area (Å²) in [7, 11) is 1.69. The molecule has 1 N–H and O–H groups in total. The van der Waals surface area contributed by atoms with Gasteiger partial charge in [-0.3, -0.25) is 14.2 Å². The zero-order valence-electron chi connectivity index (χ0n) is 29.1. The lowest BCUT2D eigenvalue weighted by Gasteiger charge is -2.34. The summed E-state index contributed by atoms with van der Waals surface area (Å²) >= 11 is 0. The summed E-state index contributed by atoms with van der Waals surface area (Å²) in [4.78, 5) is 26.8. The SMILES string of the molecule is COc1ccc(C2C=C(c3nn[nH]n3)Cc3c2ccc2c3CC(c3ccc(-n4ccccc4=O)cc3)c3ccccc3-2)cc1.O=C1N=CC=C2C=NN=C12. The minimum atomic E-state index is -0.310. The van der Waals surface area contributed by atoms with Gasteiger partial charge in [-0.2, -0.15) is 10.3 Å². The van der Waals surface area contributed by atoms with E-state index in [0.29, 0.717) is 11.5 Å². The number of hydrogen-bond acceptors (Lipinski definition) is 8. The summed E-state index contributed by atoms with van der Waals surface area (Å²) in [5.41, 5.74) is 13.3. The van der Waals surface area contributed by atoms with Crippen LogP contribution in [0.25, 0.3) is 22.4 Å². The van der Waals surface area contributed by atoms with Crippen molar-refractivity contribution in [1.82, 2.24) is 25.2 Å². The minimum absolute atomic E-state index is 0.0410. The molecule has 1 amide bonds. The number of dihydropyridines is 1. The molecule has 4 aromatic carbocycles. The van der Waals surface area contributed by atoms with Crippen molar-refractivity contribution in [3.05, 3.63) is 177 Å². The van der Waals surface area contributed by atoms with Gasteiger partial charge >= 0.3 is 0 Å². The van der Waals surface area contributed by atoms with Crippen molar-refractivity contribution < 1.29 is 9.53 Å². The third-order valence-electron chi connectivity index (χ3n) is 10.4. The van der Waals surface area contributed by atoms with E-state index in [2.05, 4.69) is 103 Å². The number of hydrogen-bond donors (Lipinski definition) is 1. The van der Waals surface area contributed by atoms with E-state index in [9.17, 15) is 9.59 Å². The number of carbonyl (C=O) groups excluding carboxylic acids is 1. The highest BCUT2D eigenvalue weighted by Gasteiger charge is 2.33. The highest BCUT2D eigenvalue weighted by Crippen LogP contribution is 2.48. The summed E-state index contributed by atoms with van der Waals surface area (Å²) in [6.45, 7) is 0. The fourth-order valence-electron chi connectivity index (χ4n) is 7.74. The Morgan fingerprint density at radius 2 is 1.63 bits per heavy atom. The van der Waals surface area contributed by atoms with E-state index in [4.69, 9.17) is 4.74 Å². The molecule has 262 valence electrons. The molecule has 4 heterocycles. The van der Waals surface area contributed by atoms with Gasteiger partial charge in [0, 0.05) is 53.6 Å². The molecule has 54 heavy (non-hydrogen) atoms. The van der Waals surface area contributed by atoms with Crippen LogP contribution in [-0.2, 0) is 17.6 Å². The molecule has 11 heteroatoms. The van der Waals surface area contributed by atoms with Gasteiger partial charge in [0.2, 0.25) is 5.82 Å². The fraction of sp³-hybridized carbons (Fsp3) is 0.116. The van der Waals surface area contributed by atoms with Crippen LogP contribution in [0.4, 0.5) is 0 Å². The molecule has 10 rings (SSSR count). The molecule has 0 bridgehead atoms. The van der Waals surface area contributed by atoms with Crippen LogP contribution in [0, 0.1) is 0 Å². The van der Waals surface area contributed by atoms with Gasteiger partial charge in [0.1, 0.15) is 5.75 Å². The molecule has 0 spiro atoms. The summed E-state index contributed by atoms with van der Waals surface area (Å²) in [5.74, 6) is 1.37. The second kappa shape index (κ2) is 13.8. The lowest BCUT2D eigenvalue weighted by atomic mass is 9.70. The molecule has 2 aromatic heterocycles. The topological polar surface area (TPSA) is 140 Å². The number of ether oxygens (including phenoxy) is 1. The Hall–Kier alpha value is -7.14. The number of aromatic nitrogens is 5. The monoisotopic (exact) mass is 708 g/mol. The summed E-state index contributed by atoms with van der Waals surface area (Å²) in [5, 5.41) is 22.4. The number of tetrazole rings is 1. The van der Waals surface area contributed by atoms with E-state index in [1.54, 1.807) is 36.1 Å². The third kappa shape index (κ3) is 5.91. The summed E-state index contributed by atoms with van der Waals surface area (Å²) < 4.78 is 7.12. The van der Waals surface area contributed by atoms with E-state index in [0.717, 1.165) is 35.4 Å². The smallest absolute Gasteiger partial charge is 0.298 e. The first-order valence-corrected chi connectivity index (χ1v) is 17.6. The molecular weight excluding hydrogens is 677 g/mol. The number of nitrogens with zero attached hydrogens (tertiary/aromatic N) is 7. The lowest BCUT2D eigenvalue weighted by Crippen LogP contribution is -2.19. The maximum atomic E-state index is 12.5. The van der Waals surface area contributed by atoms with Gasteiger partial charge in [0.15, 0.2) is 5.71 Å². The molecule has 11 nitrogen and oxygen atoms in total. The van der Waals surface area contributed by atoms with Gasteiger partial charge in [0.25, 0.3) is 11.5 Å². The Balaban J connectivity index is 0.000000332. The van der Waals surface area contributed by atoms with Crippen molar-refractivity contribution in [1.29, 1.82) is 0 Å². The number of nitrogens with one attached hydrogen (secondary N) is 1. The van der Waals surface area contributed by atoms with Gasteiger partial charge in [-0.1, -0.05) is 72.8 Å². The maximum absolute atomic E-state index is 12.5. The standard InChI is InChI=1S/C37H29N5O2.C6H3N3O/c1-44-27-15-11-24(12-16-27)32-20-25(37-38-40-41-39-37)21-34-31(32)18-17-30-28-6-2-3-7-29(28)33(22-35(30)34)23-9-13-26(14-10-23)42-19-5-4-8-36(42)43;10-6-5-4(1-2-7-6)3-8-9-5/h2-20,32-33H,21-22H2,1H3,(H,38,39,40,41);1-3H. The molecule has 4 aliphatic rings. The Morgan fingerprint density at radius 1 is 0.815 bits per heavy atom. The van der Waals surface area contributed by atoms with Crippen LogP contribution in [0.1, 0.15) is 51.0 Å². The van der Waals surface area contributed by atoms with E-state index in [1.807, 2.05) is 36.5 Å². The highest BCUT2D eigenvalue weighted by atomic mass is 16.5. The highest BCUT2D eigenvalue weighted by molar-refractivity contribution is 6.53. The van der Waals surface area contributed by atoms with Crippen molar-refractivity contribution in [3.8, 4) is 22.6 Å². The van der Waals surface area contributed by atoms with Crippen LogP contribution >= 0.6 is 0 Å². The van der Waals surface area contributed by atoms with Crippen LogP contribution in [0.15, 0.2) is 147 Å². The number of allylic oxidation sites excluding steroid dienone is 3. The molecule has 0 fully saturated rings. The second-order valence-corrected chi connectivity index (χ2v) is 13.3. The van der Waals surface area contributed by atoms with Gasteiger partial charge in [-0.25, -0.2) is 4.99 Å². The van der Waals surface area contributed by atoms with Crippen LogP contribution in [0.3, 0.4) is 0 Å².